The molecule has 0 spiro atoms. The molecule has 0 amide bonds. The van der Waals surface area contributed by atoms with Gasteiger partial charge in [-0.1, -0.05) is 0 Å². The Kier molecular flexibility index (Phi) is 2.75. The van der Waals surface area contributed by atoms with E-state index in [0.29, 0.717) is 0 Å². The Labute approximate surface area is 88.9 Å². The first-order valence-corrected chi connectivity index (χ1v) is 5.02. The standard InChI is InChI=1S/C10H16N4O/c1-7-6-8(14(2)13-7)10(12-11)9-4-3-5-15-9/h4,6,10,12H,3,5,11H2,1-2H3. The lowest BCUT2D eigenvalue weighted by molar-refractivity contribution is 0.213. The van der Waals surface area contributed by atoms with Crippen molar-refractivity contribution in [2.45, 2.75) is 19.4 Å². The number of nitrogens with one attached hydrogen (secondary N) is 1. The Morgan fingerprint density at radius 3 is 2.93 bits per heavy atom. The van der Waals surface area contributed by atoms with Gasteiger partial charge in [0.05, 0.1) is 18.0 Å². The summed E-state index contributed by atoms with van der Waals surface area (Å²) in [6, 6.07) is 1.91. The first kappa shape index (κ1) is 10.2. The molecule has 0 saturated carbocycles. The first-order valence-electron chi connectivity index (χ1n) is 5.02. The minimum atomic E-state index is -0.0984. The van der Waals surface area contributed by atoms with Gasteiger partial charge in [0.1, 0.15) is 11.8 Å². The van der Waals surface area contributed by atoms with E-state index >= 15 is 0 Å². The summed E-state index contributed by atoms with van der Waals surface area (Å²) in [5, 5.41) is 4.29. The zero-order valence-corrected chi connectivity index (χ0v) is 9.03. The first-order chi connectivity index (χ1) is 7.22. The fourth-order valence-electron chi connectivity index (χ4n) is 1.85. The van der Waals surface area contributed by atoms with Crippen molar-refractivity contribution in [3.8, 4) is 0 Å². The van der Waals surface area contributed by atoms with Crippen LogP contribution in [-0.2, 0) is 11.8 Å². The van der Waals surface area contributed by atoms with Crippen LogP contribution in [0.2, 0.25) is 0 Å². The topological polar surface area (TPSA) is 65.1 Å². The third kappa shape index (κ3) is 1.88. The highest BCUT2D eigenvalue weighted by Crippen LogP contribution is 2.25. The maximum atomic E-state index is 5.55. The molecule has 1 unspecified atom stereocenters. The molecule has 1 atom stereocenters. The van der Waals surface area contributed by atoms with E-state index < -0.39 is 0 Å². The SMILES string of the molecule is Cc1cc(C(NN)C2=CCCO2)n(C)n1. The minimum Gasteiger partial charge on any atom is -0.496 e. The van der Waals surface area contributed by atoms with Crippen molar-refractivity contribution in [3.63, 3.8) is 0 Å². The third-order valence-electron chi connectivity index (χ3n) is 2.52. The maximum Gasteiger partial charge on any atom is 0.120 e. The lowest BCUT2D eigenvalue weighted by Gasteiger charge is -2.17. The molecule has 0 fully saturated rings. The Morgan fingerprint density at radius 2 is 2.47 bits per heavy atom. The van der Waals surface area contributed by atoms with Crippen LogP contribution in [0.5, 0.6) is 0 Å². The number of hydrogen-bond acceptors (Lipinski definition) is 4. The number of rotatable bonds is 3. The van der Waals surface area contributed by atoms with Crippen molar-refractivity contribution in [2.75, 3.05) is 6.61 Å². The van der Waals surface area contributed by atoms with Crippen molar-refractivity contribution in [1.29, 1.82) is 0 Å². The van der Waals surface area contributed by atoms with Crippen LogP contribution in [0.4, 0.5) is 0 Å². The van der Waals surface area contributed by atoms with E-state index in [9.17, 15) is 0 Å². The quantitative estimate of drug-likeness (QED) is 0.562. The molecule has 0 bridgehead atoms. The third-order valence-corrected chi connectivity index (χ3v) is 2.52. The summed E-state index contributed by atoms with van der Waals surface area (Å²) in [7, 11) is 1.90. The molecule has 5 heteroatoms. The van der Waals surface area contributed by atoms with Crippen LogP contribution in [-0.4, -0.2) is 16.4 Å². The molecule has 3 N–H and O–H groups in total. The van der Waals surface area contributed by atoms with Gasteiger partial charge in [0, 0.05) is 13.5 Å². The van der Waals surface area contributed by atoms with Crippen LogP contribution in [0.25, 0.3) is 0 Å². The molecule has 2 rings (SSSR count). The summed E-state index contributed by atoms with van der Waals surface area (Å²) in [6.07, 6.45) is 3.01. The summed E-state index contributed by atoms with van der Waals surface area (Å²) in [6.45, 7) is 2.70. The van der Waals surface area contributed by atoms with E-state index in [1.54, 1.807) is 0 Å². The van der Waals surface area contributed by atoms with Gasteiger partial charge in [-0.3, -0.25) is 10.5 Å². The molecular formula is C10H16N4O. The summed E-state index contributed by atoms with van der Waals surface area (Å²) in [5.74, 6) is 6.44. The zero-order chi connectivity index (χ0) is 10.8. The number of aryl methyl sites for hydroxylation is 2. The molecule has 1 aliphatic rings. The zero-order valence-electron chi connectivity index (χ0n) is 9.03. The number of ether oxygens (including phenoxy) is 1. The van der Waals surface area contributed by atoms with E-state index in [2.05, 4.69) is 16.6 Å². The molecule has 0 aliphatic carbocycles. The van der Waals surface area contributed by atoms with Crippen LogP contribution in [0.3, 0.4) is 0 Å². The summed E-state index contributed by atoms with van der Waals surface area (Å²) < 4.78 is 7.32. The van der Waals surface area contributed by atoms with Crippen LogP contribution < -0.4 is 11.3 Å². The van der Waals surface area contributed by atoms with Gasteiger partial charge < -0.3 is 4.74 Å². The minimum absolute atomic E-state index is 0.0984. The molecule has 2 heterocycles. The van der Waals surface area contributed by atoms with Gasteiger partial charge in [0.25, 0.3) is 0 Å². The summed E-state index contributed by atoms with van der Waals surface area (Å²) >= 11 is 0. The molecule has 1 aromatic heterocycles. The summed E-state index contributed by atoms with van der Waals surface area (Å²) in [5.41, 5.74) is 4.76. The number of aromatic nitrogens is 2. The maximum absolute atomic E-state index is 5.55. The van der Waals surface area contributed by atoms with Crippen LogP contribution in [0.15, 0.2) is 17.9 Å². The van der Waals surface area contributed by atoms with E-state index in [0.717, 1.165) is 30.2 Å². The lowest BCUT2D eigenvalue weighted by atomic mass is 10.1. The highest BCUT2D eigenvalue weighted by molar-refractivity contribution is 5.22. The van der Waals surface area contributed by atoms with E-state index in [1.807, 2.05) is 24.7 Å². The molecule has 82 valence electrons. The Balaban J connectivity index is 2.29. The molecule has 1 aliphatic heterocycles. The van der Waals surface area contributed by atoms with E-state index in [-0.39, 0.29) is 6.04 Å². The second-order valence-corrected chi connectivity index (χ2v) is 3.68. The normalized spacial score (nSPS) is 17.4. The van der Waals surface area contributed by atoms with Gasteiger partial charge >= 0.3 is 0 Å². The Hall–Kier alpha value is -1.33. The fraction of sp³-hybridized carbons (Fsp3) is 0.500. The molecule has 0 aromatic carbocycles. The number of nitrogens with zero attached hydrogens (tertiary/aromatic N) is 2. The smallest absolute Gasteiger partial charge is 0.120 e. The van der Waals surface area contributed by atoms with Crippen molar-refractivity contribution in [2.24, 2.45) is 12.9 Å². The van der Waals surface area contributed by atoms with Gasteiger partial charge in [0.15, 0.2) is 0 Å². The Morgan fingerprint density at radius 1 is 1.67 bits per heavy atom. The fourth-order valence-corrected chi connectivity index (χ4v) is 1.85. The molecule has 1 aromatic rings. The number of hydrogen-bond donors (Lipinski definition) is 2. The van der Waals surface area contributed by atoms with E-state index in [1.165, 1.54) is 0 Å². The average Bonchev–Trinajstić information content (AvgIpc) is 2.79. The van der Waals surface area contributed by atoms with Crippen LogP contribution in [0, 0.1) is 6.92 Å². The van der Waals surface area contributed by atoms with Gasteiger partial charge in [-0.25, -0.2) is 5.43 Å². The second kappa shape index (κ2) is 4.04. The van der Waals surface area contributed by atoms with E-state index in [4.69, 9.17) is 10.6 Å². The highest BCUT2D eigenvalue weighted by atomic mass is 16.5. The predicted octanol–water partition coefficient (Wildman–Crippen LogP) is 0.537. The average molecular weight is 208 g/mol. The largest absolute Gasteiger partial charge is 0.496 e. The van der Waals surface area contributed by atoms with Gasteiger partial charge in [-0.2, -0.15) is 5.10 Å². The molecule has 0 saturated heterocycles. The van der Waals surface area contributed by atoms with Crippen molar-refractivity contribution >= 4 is 0 Å². The monoisotopic (exact) mass is 208 g/mol. The molecular weight excluding hydrogens is 192 g/mol. The predicted molar refractivity (Wildman–Crippen MR) is 56.7 cm³/mol. The lowest BCUT2D eigenvalue weighted by Crippen LogP contribution is -2.31. The van der Waals surface area contributed by atoms with Gasteiger partial charge in [-0.05, 0) is 19.1 Å². The van der Waals surface area contributed by atoms with Crippen molar-refractivity contribution in [1.82, 2.24) is 15.2 Å². The molecule has 15 heavy (non-hydrogen) atoms. The van der Waals surface area contributed by atoms with Crippen LogP contribution in [0.1, 0.15) is 23.9 Å². The molecule has 5 nitrogen and oxygen atoms in total. The molecule has 0 radical (unpaired) electrons. The summed E-state index contributed by atoms with van der Waals surface area (Å²) in [4.78, 5) is 0. The number of hydrazine groups is 1. The van der Waals surface area contributed by atoms with Crippen molar-refractivity contribution in [3.05, 3.63) is 29.3 Å². The van der Waals surface area contributed by atoms with Crippen LogP contribution >= 0.6 is 0 Å². The van der Waals surface area contributed by atoms with Gasteiger partial charge in [0.2, 0.25) is 0 Å². The highest BCUT2D eigenvalue weighted by Gasteiger charge is 2.22. The second-order valence-electron chi connectivity index (χ2n) is 3.68. The van der Waals surface area contributed by atoms with Gasteiger partial charge in [-0.15, -0.1) is 0 Å². The van der Waals surface area contributed by atoms with Crippen molar-refractivity contribution < 1.29 is 4.74 Å². The Bertz CT molecular complexity index is 383. The number of nitrogens with two attached hydrogens (primary N) is 1.